The molecule has 0 aliphatic heterocycles. The number of nitrogens with one attached hydrogen (secondary N) is 2. The van der Waals surface area contributed by atoms with E-state index in [1.807, 2.05) is 18.2 Å². The predicted molar refractivity (Wildman–Crippen MR) is 129 cm³/mol. The van der Waals surface area contributed by atoms with E-state index in [-0.39, 0.29) is 25.0 Å². The molecule has 33 heavy (non-hydrogen) atoms. The summed E-state index contributed by atoms with van der Waals surface area (Å²) in [6.07, 6.45) is 1.50. The minimum atomic E-state index is -0.379. The highest BCUT2D eigenvalue weighted by Crippen LogP contribution is 2.23. The number of carbonyl (C=O) groups is 2. The van der Waals surface area contributed by atoms with Gasteiger partial charge in [-0.25, -0.2) is 5.43 Å². The lowest BCUT2D eigenvalue weighted by Crippen LogP contribution is -2.24. The molecule has 0 aromatic heterocycles. The topological polar surface area (TPSA) is 98.3 Å². The van der Waals surface area contributed by atoms with Crippen LogP contribution >= 0.6 is 15.9 Å². The van der Waals surface area contributed by atoms with Crippen LogP contribution in [0.4, 0.5) is 5.69 Å². The van der Waals surface area contributed by atoms with Gasteiger partial charge in [0.05, 0.1) is 19.0 Å². The van der Waals surface area contributed by atoms with Gasteiger partial charge in [-0.3, -0.25) is 9.59 Å². The average Bonchev–Trinajstić information content (AvgIpc) is 2.83. The minimum absolute atomic E-state index is 0.150. The molecule has 0 spiro atoms. The third kappa shape index (κ3) is 7.97. The fraction of sp³-hybridized carbons (Fsp3) is 0.125. The zero-order chi connectivity index (χ0) is 23.5. The molecule has 0 saturated heterocycles. The smallest absolute Gasteiger partial charge is 0.277 e. The molecule has 3 aromatic rings. The van der Waals surface area contributed by atoms with Crippen LogP contribution in [0.3, 0.4) is 0 Å². The van der Waals surface area contributed by atoms with Crippen LogP contribution in [0.2, 0.25) is 0 Å². The lowest BCUT2D eigenvalue weighted by molar-refractivity contribution is -0.123. The lowest BCUT2D eigenvalue weighted by Gasteiger charge is -2.10. The standard InChI is InChI=1S/C24H22BrN3O5/c1-31-22-5-3-2-4-21(22)27-23(29)15-32-19-10-6-17(7-11-19)14-26-28-24(30)16-33-20-12-8-18(25)9-13-20/h2-14H,15-16H2,1H3,(H,27,29)(H,28,30)/b26-14-. The molecule has 0 aliphatic carbocycles. The normalized spacial score (nSPS) is 10.5. The van der Waals surface area contributed by atoms with Crippen molar-refractivity contribution in [2.45, 2.75) is 0 Å². The zero-order valence-corrected chi connectivity index (χ0v) is 19.4. The van der Waals surface area contributed by atoms with Crippen LogP contribution in [0.25, 0.3) is 0 Å². The van der Waals surface area contributed by atoms with Gasteiger partial charge >= 0.3 is 0 Å². The maximum atomic E-state index is 12.1. The van der Waals surface area contributed by atoms with Crippen molar-refractivity contribution in [1.29, 1.82) is 0 Å². The van der Waals surface area contributed by atoms with Gasteiger partial charge in [-0.05, 0) is 66.2 Å². The molecule has 0 radical (unpaired) electrons. The van der Waals surface area contributed by atoms with Crippen molar-refractivity contribution in [3.63, 3.8) is 0 Å². The van der Waals surface area contributed by atoms with E-state index >= 15 is 0 Å². The lowest BCUT2D eigenvalue weighted by atomic mass is 10.2. The van der Waals surface area contributed by atoms with Gasteiger partial charge in [0.1, 0.15) is 17.2 Å². The molecule has 2 amide bonds. The van der Waals surface area contributed by atoms with Gasteiger partial charge in [-0.15, -0.1) is 0 Å². The van der Waals surface area contributed by atoms with Crippen LogP contribution in [-0.2, 0) is 9.59 Å². The number of hydrazone groups is 1. The Balaban J connectivity index is 1.40. The highest BCUT2D eigenvalue weighted by molar-refractivity contribution is 9.10. The molecular formula is C24H22BrN3O5. The molecule has 0 heterocycles. The summed E-state index contributed by atoms with van der Waals surface area (Å²) in [6, 6.07) is 21.2. The Kier molecular flexibility index (Phi) is 8.84. The van der Waals surface area contributed by atoms with Gasteiger partial charge in [-0.1, -0.05) is 28.1 Å². The molecule has 0 aliphatic rings. The van der Waals surface area contributed by atoms with Gasteiger partial charge in [0, 0.05) is 4.47 Å². The Morgan fingerprint density at radius 3 is 2.15 bits per heavy atom. The van der Waals surface area contributed by atoms with Gasteiger partial charge in [0.15, 0.2) is 13.2 Å². The molecule has 0 bridgehead atoms. The summed E-state index contributed by atoms with van der Waals surface area (Å²) >= 11 is 3.33. The van der Waals surface area contributed by atoms with Crippen LogP contribution in [0.5, 0.6) is 17.2 Å². The van der Waals surface area contributed by atoms with Crippen molar-refractivity contribution in [3.05, 3.63) is 82.8 Å². The summed E-state index contributed by atoms with van der Waals surface area (Å²) in [5.74, 6) is 0.994. The predicted octanol–water partition coefficient (Wildman–Crippen LogP) is 4.00. The highest BCUT2D eigenvalue weighted by atomic mass is 79.9. The maximum absolute atomic E-state index is 12.1. The van der Waals surface area contributed by atoms with Crippen molar-refractivity contribution >= 4 is 39.6 Å². The molecule has 3 aromatic carbocycles. The summed E-state index contributed by atoms with van der Waals surface area (Å²) in [5, 5.41) is 6.65. The minimum Gasteiger partial charge on any atom is -0.495 e. The number of anilines is 1. The largest absolute Gasteiger partial charge is 0.495 e. The Bertz CT molecular complexity index is 1100. The molecular weight excluding hydrogens is 490 g/mol. The van der Waals surface area contributed by atoms with Crippen molar-refractivity contribution in [2.75, 3.05) is 25.6 Å². The second kappa shape index (κ2) is 12.3. The number of methoxy groups -OCH3 is 1. The van der Waals surface area contributed by atoms with Gasteiger partial charge in [-0.2, -0.15) is 5.10 Å². The number of nitrogens with zero attached hydrogens (tertiary/aromatic N) is 1. The first-order valence-corrected chi connectivity index (χ1v) is 10.7. The number of ether oxygens (including phenoxy) is 3. The molecule has 170 valence electrons. The number of carbonyl (C=O) groups excluding carboxylic acids is 2. The SMILES string of the molecule is COc1ccccc1NC(=O)COc1ccc(/C=N\NC(=O)COc2ccc(Br)cc2)cc1. The molecule has 0 fully saturated rings. The maximum Gasteiger partial charge on any atom is 0.277 e. The molecule has 9 heteroatoms. The number of hydrogen-bond acceptors (Lipinski definition) is 6. The summed E-state index contributed by atoms with van der Waals surface area (Å²) in [7, 11) is 1.54. The van der Waals surface area contributed by atoms with E-state index in [1.54, 1.807) is 54.6 Å². The molecule has 0 atom stereocenters. The molecule has 8 nitrogen and oxygen atoms in total. The van der Waals surface area contributed by atoms with E-state index in [0.717, 1.165) is 10.0 Å². The Labute approximate surface area is 199 Å². The summed E-state index contributed by atoms with van der Waals surface area (Å²) in [5.41, 5.74) is 3.72. The van der Waals surface area contributed by atoms with Crippen molar-refractivity contribution in [1.82, 2.24) is 5.43 Å². The van der Waals surface area contributed by atoms with Crippen molar-refractivity contribution in [3.8, 4) is 17.2 Å². The fourth-order valence-electron chi connectivity index (χ4n) is 2.62. The van der Waals surface area contributed by atoms with E-state index in [9.17, 15) is 9.59 Å². The first kappa shape index (κ1) is 23.8. The first-order valence-electron chi connectivity index (χ1n) is 9.89. The molecule has 0 unspecified atom stereocenters. The van der Waals surface area contributed by atoms with Gasteiger partial charge < -0.3 is 19.5 Å². The van der Waals surface area contributed by atoms with E-state index in [0.29, 0.717) is 22.9 Å². The second-order valence-corrected chi connectivity index (χ2v) is 7.56. The summed E-state index contributed by atoms with van der Waals surface area (Å²) < 4.78 is 17.0. The van der Waals surface area contributed by atoms with E-state index in [1.165, 1.54) is 13.3 Å². The number of benzene rings is 3. The van der Waals surface area contributed by atoms with Gasteiger partial charge in [0.25, 0.3) is 11.8 Å². The Morgan fingerprint density at radius 2 is 1.48 bits per heavy atom. The van der Waals surface area contributed by atoms with Crippen LogP contribution in [0.1, 0.15) is 5.56 Å². The number of hydrogen-bond donors (Lipinski definition) is 2. The van der Waals surface area contributed by atoms with Crippen LogP contribution in [-0.4, -0.2) is 38.4 Å². The zero-order valence-electron chi connectivity index (χ0n) is 17.8. The van der Waals surface area contributed by atoms with Crippen LogP contribution in [0.15, 0.2) is 82.4 Å². The van der Waals surface area contributed by atoms with Crippen molar-refractivity contribution in [2.24, 2.45) is 5.10 Å². The number of amides is 2. The Morgan fingerprint density at radius 1 is 0.879 bits per heavy atom. The average molecular weight is 512 g/mol. The number of para-hydroxylation sites is 2. The summed E-state index contributed by atoms with van der Waals surface area (Å²) in [4.78, 5) is 23.9. The monoisotopic (exact) mass is 511 g/mol. The van der Waals surface area contributed by atoms with E-state index < -0.39 is 0 Å². The quantitative estimate of drug-likeness (QED) is 0.316. The number of rotatable bonds is 10. The van der Waals surface area contributed by atoms with Crippen LogP contribution in [0, 0.1) is 0 Å². The summed E-state index contributed by atoms with van der Waals surface area (Å²) in [6.45, 7) is -0.303. The van der Waals surface area contributed by atoms with Crippen molar-refractivity contribution < 1.29 is 23.8 Å². The van der Waals surface area contributed by atoms with Gasteiger partial charge in [0.2, 0.25) is 0 Å². The third-order valence-corrected chi connectivity index (χ3v) is 4.75. The molecule has 3 rings (SSSR count). The first-order chi connectivity index (χ1) is 16.0. The molecule has 0 saturated carbocycles. The van der Waals surface area contributed by atoms with E-state index in [4.69, 9.17) is 14.2 Å². The third-order valence-electron chi connectivity index (χ3n) is 4.22. The van der Waals surface area contributed by atoms with Crippen LogP contribution < -0.4 is 25.0 Å². The fourth-order valence-corrected chi connectivity index (χ4v) is 2.89. The second-order valence-electron chi connectivity index (χ2n) is 6.64. The van der Waals surface area contributed by atoms with E-state index in [2.05, 4.69) is 31.8 Å². The Hall–Kier alpha value is -3.85. The molecule has 2 N–H and O–H groups in total. The number of halogens is 1. The highest BCUT2D eigenvalue weighted by Gasteiger charge is 2.07.